The SMILES string of the molecule is Cl.O=[N+]([O-])c1cnc2c(c1)CNC2. The van der Waals surface area contributed by atoms with Crippen LogP contribution >= 0.6 is 12.4 Å². The summed E-state index contributed by atoms with van der Waals surface area (Å²) in [4.78, 5) is 13.9. The summed E-state index contributed by atoms with van der Waals surface area (Å²) in [5.41, 5.74) is 1.92. The Morgan fingerprint density at radius 3 is 3.00 bits per heavy atom. The molecule has 70 valence electrons. The molecule has 1 aliphatic heterocycles. The molecule has 1 aromatic heterocycles. The molecule has 0 aromatic carbocycles. The summed E-state index contributed by atoms with van der Waals surface area (Å²) < 4.78 is 0. The van der Waals surface area contributed by atoms with Crippen LogP contribution in [0.5, 0.6) is 0 Å². The summed E-state index contributed by atoms with van der Waals surface area (Å²) in [6.45, 7) is 1.40. The van der Waals surface area contributed by atoms with E-state index in [-0.39, 0.29) is 18.1 Å². The van der Waals surface area contributed by atoms with E-state index < -0.39 is 4.92 Å². The fourth-order valence-corrected chi connectivity index (χ4v) is 1.25. The van der Waals surface area contributed by atoms with E-state index in [1.54, 1.807) is 6.07 Å². The van der Waals surface area contributed by atoms with Crippen molar-refractivity contribution in [3.63, 3.8) is 0 Å². The molecule has 5 nitrogen and oxygen atoms in total. The molecule has 0 aliphatic carbocycles. The van der Waals surface area contributed by atoms with Crippen molar-refractivity contribution in [1.29, 1.82) is 0 Å². The summed E-state index contributed by atoms with van der Waals surface area (Å²) in [6.07, 6.45) is 1.30. The maximum atomic E-state index is 10.3. The van der Waals surface area contributed by atoms with E-state index in [0.29, 0.717) is 13.1 Å². The molecule has 1 N–H and O–H groups in total. The smallest absolute Gasteiger partial charge is 0.287 e. The maximum Gasteiger partial charge on any atom is 0.287 e. The first kappa shape index (κ1) is 9.88. The van der Waals surface area contributed by atoms with E-state index >= 15 is 0 Å². The molecule has 0 amide bonds. The molecule has 2 heterocycles. The van der Waals surface area contributed by atoms with Gasteiger partial charge in [0.2, 0.25) is 0 Å². The molecule has 1 aromatic rings. The van der Waals surface area contributed by atoms with Crippen LogP contribution in [-0.4, -0.2) is 9.91 Å². The molecule has 6 heteroatoms. The van der Waals surface area contributed by atoms with Gasteiger partial charge < -0.3 is 5.32 Å². The number of rotatable bonds is 1. The van der Waals surface area contributed by atoms with Crippen molar-refractivity contribution >= 4 is 18.1 Å². The second kappa shape index (κ2) is 3.68. The standard InChI is InChI=1S/C7H7N3O2.ClH/c11-10(12)6-1-5-2-8-4-7(5)9-3-6;/h1,3,8H,2,4H2;1H. The number of nitrogens with one attached hydrogen (secondary N) is 1. The van der Waals surface area contributed by atoms with E-state index in [1.807, 2.05) is 0 Å². The minimum absolute atomic E-state index is 0. The summed E-state index contributed by atoms with van der Waals surface area (Å²) in [5.74, 6) is 0. The van der Waals surface area contributed by atoms with E-state index in [9.17, 15) is 10.1 Å². The van der Waals surface area contributed by atoms with Crippen LogP contribution in [0.4, 0.5) is 5.69 Å². The summed E-state index contributed by atoms with van der Waals surface area (Å²) >= 11 is 0. The highest BCUT2D eigenvalue weighted by molar-refractivity contribution is 5.85. The Hall–Kier alpha value is -1.20. The molecule has 0 saturated heterocycles. The summed E-state index contributed by atoms with van der Waals surface area (Å²) in [5, 5.41) is 13.4. The molecule has 0 unspecified atom stereocenters. The fraction of sp³-hybridized carbons (Fsp3) is 0.286. The van der Waals surface area contributed by atoms with Gasteiger partial charge in [-0.1, -0.05) is 0 Å². The Labute approximate surface area is 80.7 Å². The van der Waals surface area contributed by atoms with Gasteiger partial charge in [-0.25, -0.2) is 0 Å². The minimum Gasteiger partial charge on any atom is -0.307 e. The molecule has 0 radical (unpaired) electrons. The van der Waals surface area contributed by atoms with Crippen LogP contribution in [0.1, 0.15) is 11.3 Å². The number of hydrogen-bond donors (Lipinski definition) is 1. The molecular weight excluding hydrogens is 194 g/mol. The monoisotopic (exact) mass is 201 g/mol. The molecule has 0 atom stereocenters. The van der Waals surface area contributed by atoms with Gasteiger partial charge in [0.15, 0.2) is 0 Å². The zero-order chi connectivity index (χ0) is 8.55. The number of pyridine rings is 1. The number of nitro groups is 1. The highest BCUT2D eigenvalue weighted by Crippen LogP contribution is 2.18. The molecule has 2 rings (SSSR count). The third kappa shape index (κ3) is 1.76. The van der Waals surface area contributed by atoms with Gasteiger partial charge in [0.25, 0.3) is 5.69 Å². The van der Waals surface area contributed by atoms with Crippen LogP contribution in [0.15, 0.2) is 12.3 Å². The van der Waals surface area contributed by atoms with Crippen LogP contribution in [0.25, 0.3) is 0 Å². The lowest BCUT2D eigenvalue weighted by Gasteiger charge is -1.94. The first-order chi connectivity index (χ1) is 5.77. The van der Waals surface area contributed by atoms with Crippen molar-refractivity contribution in [1.82, 2.24) is 10.3 Å². The van der Waals surface area contributed by atoms with Gasteiger partial charge in [-0.2, -0.15) is 0 Å². The average molecular weight is 202 g/mol. The van der Waals surface area contributed by atoms with Gasteiger partial charge in [0.05, 0.1) is 10.6 Å². The minimum atomic E-state index is -0.425. The molecule has 0 spiro atoms. The van der Waals surface area contributed by atoms with Crippen molar-refractivity contribution < 1.29 is 4.92 Å². The molecule has 1 aliphatic rings. The number of fused-ring (bicyclic) bond motifs is 1. The van der Waals surface area contributed by atoms with Crippen molar-refractivity contribution in [3.05, 3.63) is 33.6 Å². The van der Waals surface area contributed by atoms with Crippen molar-refractivity contribution in [2.24, 2.45) is 0 Å². The van der Waals surface area contributed by atoms with Gasteiger partial charge in [-0.15, -0.1) is 12.4 Å². The molecule has 13 heavy (non-hydrogen) atoms. The maximum absolute atomic E-state index is 10.3. The highest BCUT2D eigenvalue weighted by atomic mass is 35.5. The third-order valence-corrected chi connectivity index (χ3v) is 1.86. The van der Waals surface area contributed by atoms with Crippen LogP contribution < -0.4 is 5.32 Å². The van der Waals surface area contributed by atoms with Gasteiger partial charge >= 0.3 is 0 Å². The average Bonchev–Trinajstić information content (AvgIpc) is 2.49. The summed E-state index contributed by atoms with van der Waals surface area (Å²) in [7, 11) is 0. The lowest BCUT2D eigenvalue weighted by molar-refractivity contribution is -0.385. The Balaban J connectivity index is 0.000000845. The van der Waals surface area contributed by atoms with Crippen LogP contribution in [0.3, 0.4) is 0 Å². The van der Waals surface area contributed by atoms with Crippen LogP contribution in [0.2, 0.25) is 0 Å². The first-order valence-electron chi connectivity index (χ1n) is 3.60. The Kier molecular flexibility index (Phi) is 2.79. The molecule has 0 bridgehead atoms. The summed E-state index contributed by atoms with van der Waals surface area (Å²) in [6, 6.07) is 1.57. The Morgan fingerprint density at radius 2 is 2.31 bits per heavy atom. The fourth-order valence-electron chi connectivity index (χ4n) is 1.25. The van der Waals surface area contributed by atoms with Crippen molar-refractivity contribution in [2.75, 3.05) is 0 Å². The predicted octanol–water partition coefficient (Wildman–Crippen LogP) is 1.01. The van der Waals surface area contributed by atoms with Gasteiger partial charge in [-0.3, -0.25) is 15.1 Å². The van der Waals surface area contributed by atoms with Gasteiger partial charge in [0, 0.05) is 19.2 Å². The third-order valence-electron chi connectivity index (χ3n) is 1.86. The second-order valence-electron chi connectivity index (χ2n) is 2.66. The number of nitrogens with zero attached hydrogens (tertiary/aromatic N) is 2. The van der Waals surface area contributed by atoms with Gasteiger partial charge in [0.1, 0.15) is 6.20 Å². The second-order valence-corrected chi connectivity index (χ2v) is 2.66. The molecular formula is C7H8ClN3O2. The quantitative estimate of drug-likeness (QED) is 0.544. The van der Waals surface area contributed by atoms with E-state index in [0.717, 1.165) is 11.3 Å². The largest absolute Gasteiger partial charge is 0.307 e. The first-order valence-corrected chi connectivity index (χ1v) is 3.60. The normalized spacial score (nSPS) is 13.2. The molecule has 0 fully saturated rings. The topological polar surface area (TPSA) is 68.1 Å². The zero-order valence-corrected chi connectivity index (χ0v) is 7.50. The number of hydrogen-bond acceptors (Lipinski definition) is 4. The number of halogens is 1. The van der Waals surface area contributed by atoms with Crippen molar-refractivity contribution in [2.45, 2.75) is 13.1 Å². The van der Waals surface area contributed by atoms with E-state index in [2.05, 4.69) is 10.3 Å². The van der Waals surface area contributed by atoms with Crippen LogP contribution in [-0.2, 0) is 13.1 Å². The Bertz CT molecular complexity index is 343. The lowest BCUT2D eigenvalue weighted by atomic mass is 10.2. The molecule has 0 saturated carbocycles. The van der Waals surface area contributed by atoms with E-state index in [4.69, 9.17) is 0 Å². The van der Waals surface area contributed by atoms with Crippen LogP contribution in [0, 0.1) is 10.1 Å². The highest BCUT2D eigenvalue weighted by Gasteiger charge is 2.15. The zero-order valence-electron chi connectivity index (χ0n) is 6.69. The van der Waals surface area contributed by atoms with E-state index in [1.165, 1.54) is 6.20 Å². The number of aromatic nitrogens is 1. The Morgan fingerprint density at radius 1 is 1.54 bits per heavy atom. The predicted molar refractivity (Wildman–Crippen MR) is 48.7 cm³/mol. The van der Waals surface area contributed by atoms with Gasteiger partial charge in [-0.05, 0) is 5.56 Å². The van der Waals surface area contributed by atoms with Crippen molar-refractivity contribution in [3.8, 4) is 0 Å². The lowest BCUT2D eigenvalue weighted by Crippen LogP contribution is -2.00.